The fourth-order valence-corrected chi connectivity index (χ4v) is 1.30. The minimum atomic E-state index is -1.11. The zero-order valence-corrected chi connectivity index (χ0v) is 10.3. The minimum Gasteiger partial charge on any atom is -0.480 e. The molecule has 0 spiro atoms. The number of nitrogens with one attached hydrogen (secondary N) is 1. The Bertz CT molecular complexity index is 283. The van der Waals surface area contributed by atoms with Gasteiger partial charge in [0.1, 0.15) is 12.3 Å². The Labute approximate surface area is 106 Å². The second-order valence-electron chi connectivity index (χ2n) is 4.13. The quantitative estimate of drug-likeness (QED) is 0.293. The smallest absolute Gasteiger partial charge is 0.320 e. The third kappa shape index (κ3) is 8.66. The van der Waals surface area contributed by atoms with Crippen LogP contribution in [-0.4, -0.2) is 41.9 Å². The number of carboxylic acid groups (broad SMARTS) is 1. The number of hydrogen-bond donors (Lipinski definition) is 4. The van der Waals surface area contributed by atoms with Crippen LogP contribution in [0, 0.1) is 0 Å². The molecule has 0 radical (unpaired) electrons. The van der Waals surface area contributed by atoms with Crippen molar-refractivity contribution in [1.29, 1.82) is 0 Å². The van der Waals surface area contributed by atoms with Crippen molar-refractivity contribution in [1.82, 2.24) is 5.32 Å². The summed E-state index contributed by atoms with van der Waals surface area (Å²) >= 11 is 0. The van der Waals surface area contributed by atoms with Crippen molar-refractivity contribution >= 4 is 18.2 Å². The van der Waals surface area contributed by atoms with Crippen molar-refractivity contribution in [3.8, 4) is 0 Å². The van der Waals surface area contributed by atoms with Crippen molar-refractivity contribution in [2.24, 2.45) is 11.5 Å². The third-order valence-electron chi connectivity index (χ3n) is 2.46. The van der Waals surface area contributed by atoms with E-state index in [-0.39, 0.29) is 18.7 Å². The van der Waals surface area contributed by atoms with Gasteiger partial charge in [-0.2, -0.15) is 0 Å². The van der Waals surface area contributed by atoms with E-state index in [1.54, 1.807) is 0 Å². The molecule has 0 bridgehead atoms. The third-order valence-corrected chi connectivity index (χ3v) is 2.46. The van der Waals surface area contributed by atoms with E-state index in [0.717, 1.165) is 12.8 Å². The molecule has 0 aliphatic carbocycles. The number of aliphatic carboxylic acids is 1. The number of nitrogens with two attached hydrogens (primary N) is 2. The van der Waals surface area contributed by atoms with Gasteiger partial charge in [-0.3, -0.25) is 9.59 Å². The molecule has 0 unspecified atom stereocenters. The molecule has 0 aromatic carbocycles. The number of carboxylic acids is 1. The van der Waals surface area contributed by atoms with E-state index in [1.165, 1.54) is 0 Å². The molecule has 1 amide bonds. The van der Waals surface area contributed by atoms with E-state index in [0.29, 0.717) is 19.3 Å². The van der Waals surface area contributed by atoms with Gasteiger partial charge in [0, 0.05) is 13.0 Å². The number of amides is 1. The maximum atomic E-state index is 11.3. The first-order valence-electron chi connectivity index (χ1n) is 5.93. The van der Waals surface area contributed by atoms with Gasteiger partial charge in [0.15, 0.2) is 0 Å². The standard InChI is InChI=1S/C11H21N3O4/c12-8(7-15)3-1-2-6-14-10(16)5-4-9(13)11(17)18/h7-9H,1-6,12-13H2,(H,14,16)(H,17,18)/t8-,9-/m0/s1. The van der Waals surface area contributed by atoms with Crippen molar-refractivity contribution in [2.45, 2.75) is 44.2 Å². The van der Waals surface area contributed by atoms with Gasteiger partial charge in [-0.05, 0) is 25.7 Å². The van der Waals surface area contributed by atoms with Crippen LogP contribution in [0.15, 0.2) is 0 Å². The monoisotopic (exact) mass is 259 g/mol. The van der Waals surface area contributed by atoms with Gasteiger partial charge < -0.3 is 26.7 Å². The molecule has 0 aliphatic rings. The van der Waals surface area contributed by atoms with Gasteiger partial charge in [0.2, 0.25) is 5.91 Å². The zero-order chi connectivity index (χ0) is 14.0. The van der Waals surface area contributed by atoms with E-state index in [2.05, 4.69) is 5.32 Å². The van der Waals surface area contributed by atoms with Crippen LogP contribution in [0.4, 0.5) is 0 Å². The number of unbranched alkanes of at least 4 members (excludes halogenated alkanes) is 1. The average molecular weight is 259 g/mol. The fourth-order valence-electron chi connectivity index (χ4n) is 1.30. The van der Waals surface area contributed by atoms with E-state index in [4.69, 9.17) is 16.6 Å². The first-order chi connectivity index (χ1) is 8.47. The summed E-state index contributed by atoms with van der Waals surface area (Å²) in [5, 5.41) is 11.2. The lowest BCUT2D eigenvalue weighted by molar-refractivity contribution is -0.138. The highest BCUT2D eigenvalue weighted by atomic mass is 16.4. The average Bonchev–Trinajstić information content (AvgIpc) is 2.34. The first-order valence-corrected chi connectivity index (χ1v) is 5.93. The lowest BCUT2D eigenvalue weighted by Gasteiger charge is -2.08. The SMILES string of the molecule is N[C@H](C=O)CCCCNC(=O)CC[C@H](N)C(=O)O. The largest absolute Gasteiger partial charge is 0.480 e. The minimum absolute atomic E-state index is 0.0985. The van der Waals surface area contributed by atoms with Crippen LogP contribution in [0.5, 0.6) is 0 Å². The maximum absolute atomic E-state index is 11.3. The topological polar surface area (TPSA) is 136 Å². The lowest BCUT2D eigenvalue weighted by atomic mass is 10.1. The number of rotatable bonds is 10. The van der Waals surface area contributed by atoms with Gasteiger partial charge >= 0.3 is 5.97 Å². The fraction of sp³-hybridized carbons (Fsp3) is 0.727. The summed E-state index contributed by atoms with van der Waals surface area (Å²) in [4.78, 5) is 31.9. The van der Waals surface area contributed by atoms with Crippen LogP contribution in [-0.2, 0) is 14.4 Å². The van der Waals surface area contributed by atoms with Crippen molar-refractivity contribution in [2.75, 3.05) is 6.54 Å². The predicted molar refractivity (Wildman–Crippen MR) is 65.7 cm³/mol. The van der Waals surface area contributed by atoms with E-state index >= 15 is 0 Å². The summed E-state index contributed by atoms with van der Waals surface area (Å²) < 4.78 is 0. The summed E-state index contributed by atoms with van der Waals surface area (Å²) in [6.45, 7) is 0.493. The molecule has 7 heteroatoms. The number of aldehydes is 1. The molecule has 0 fully saturated rings. The van der Waals surface area contributed by atoms with Crippen LogP contribution >= 0.6 is 0 Å². The molecule has 18 heavy (non-hydrogen) atoms. The molecular weight excluding hydrogens is 238 g/mol. The second kappa shape index (κ2) is 9.55. The number of carbonyl (C=O) groups excluding carboxylic acids is 2. The van der Waals surface area contributed by atoms with Gasteiger partial charge in [-0.25, -0.2) is 0 Å². The summed E-state index contributed by atoms with van der Waals surface area (Å²) in [6.07, 6.45) is 3.01. The highest BCUT2D eigenvalue weighted by Gasteiger charge is 2.12. The predicted octanol–water partition coefficient (Wildman–Crippen LogP) is -1.01. The molecule has 2 atom stereocenters. The van der Waals surface area contributed by atoms with Gasteiger partial charge in [-0.15, -0.1) is 0 Å². The highest BCUT2D eigenvalue weighted by Crippen LogP contribution is 1.98. The molecule has 0 rings (SSSR count). The van der Waals surface area contributed by atoms with Gasteiger partial charge in [-0.1, -0.05) is 0 Å². The summed E-state index contributed by atoms with van der Waals surface area (Å²) in [5.41, 5.74) is 10.7. The lowest BCUT2D eigenvalue weighted by Crippen LogP contribution is -2.33. The molecule has 7 nitrogen and oxygen atoms in total. The van der Waals surface area contributed by atoms with E-state index in [1.807, 2.05) is 0 Å². The molecule has 0 aromatic rings. The normalized spacial score (nSPS) is 13.7. The van der Waals surface area contributed by atoms with Gasteiger partial charge in [0.05, 0.1) is 6.04 Å². The summed E-state index contributed by atoms with van der Waals surface area (Å²) in [5.74, 6) is -1.32. The van der Waals surface area contributed by atoms with Crippen LogP contribution in [0.1, 0.15) is 32.1 Å². The molecule has 0 aliphatic heterocycles. The molecule has 104 valence electrons. The Morgan fingerprint density at radius 2 is 1.89 bits per heavy atom. The Morgan fingerprint density at radius 3 is 2.44 bits per heavy atom. The molecule has 6 N–H and O–H groups in total. The van der Waals surface area contributed by atoms with Crippen LogP contribution in [0.3, 0.4) is 0 Å². The van der Waals surface area contributed by atoms with Crippen LogP contribution in [0.2, 0.25) is 0 Å². The Morgan fingerprint density at radius 1 is 1.22 bits per heavy atom. The zero-order valence-electron chi connectivity index (χ0n) is 10.3. The summed E-state index contributed by atoms with van der Waals surface area (Å²) in [7, 11) is 0. The van der Waals surface area contributed by atoms with Crippen LogP contribution in [0.25, 0.3) is 0 Å². The van der Waals surface area contributed by atoms with Crippen molar-refractivity contribution < 1.29 is 19.5 Å². The Balaban J connectivity index is 3.48. The number of carbonyl (C=O) groups is 3. The first kappa shape index (κ1) is 16.5. The Hall–Kier alpha value is -1.47. The molecular formula is C11H21N3O4. The Kier molecular flexibility index (Phi) is 8.77. The maximum Gasteiger partial charge on any atom is 0.320 e. The number of hydrogen-bond acceptors (Lipinski definition) is 5. The molecule has 0 aromatic heterocycles. The molecule has 0 heterocycles. The van der Waals surface area contributed by atoms with Crippen molar-refractivity contribution in [3.05, 3.63) is 0 Å². The molecule has 0 saturated heterocycles. The summed E-state index contributed by atoms with van der Waals surface area (Å²) in [6, 6.07) is -1.43. The van der Waals surface area contributed by atoms with Crippen molar-refractivity contribution in [3.63, 3.8) is 0 Å². The van der Waals surface area contributed by atoms with E-state index < -0.39 is 18.1 Å². The van der Waals surface area contributed by atoms with E-state index in [9.17, 15) is 14.4 Å². The van der Waals surface area contributed by atoms with Crippen LogP contribution < -0.4 is 16.8 Å². The van der Waals surface area contributed by atoms with Gasteiger partial charge in [0.25, 0.3) is 0 Å². The second-order valence-corrected chi connectivity index (χ2v) is 4.13. The highest BCUT2D eigenvalue weighted by molar-refractivity contribution is 5.78. The molecule has 0 saturated carbocycles.